The number of rotatable bonds is 6. The molecule has 2 N–H and O–H groups in total. The van der Waals surface area contributed by atoms with E-state index in [9.17, 15) is 9.59 Å². The van der Waals surface area contributed by atoms with E-state index >= 15 is 0 Å². The highest BCUT2D eigenvalue weighted by atomic mass is 127. The fourth-order valence-corrected chi connectivity index (χ4v) is 1.99. The van der Waals surface area contributed by atoms with Gasteiger partial charge in [-0.05, 0) is 47.7 Å². The van der Waals surface area contributed by atoms with Crippen LogP contribution in [0.5, 0.6) is 0 Å². The Balaban J connectivity index is 2.66. The summed E-state index contributed by atoms with van der Waals surface area (Å²) in [5.41, 5.74) is 0.641. The van der Waals surface area contributed by atoms with E-state index in [1.54, 1.807) is 12.1 Å². The lowest BCUT2D eigenvalue weighted by atomic mass is 10.2. The summed E-state index contributed by atoms with van der Waals surface area (Å²) in [6, 6.07) is 4.69. The summed E-state index contributed by atoms with van der Waals surface area (Å²) in [5, 5.41) is 11.6. The summed E-state index contributed by atoms with van der Waals surface area (Å²) >= 11 is 2.01. The molecule has 0 saturated heterocycles. The van der Waals surface area contributed by atoms with E-state index in [1.807, 2.05) is 29.5 Å². The molecule has 1 rings (SSSR count). The van der Waals surface area contributed by atoms with Crippen molar-refractivity contribution >= 4 is 40.2 Å². The highest BCUT2D eigenvalue weighted by Gasteiger charge is 2.08. The zero-order chi connectivity index (χ0) is 13.5. The second-order valence-corrected chi connectivity index (χ2v) is 4.77. The van der Waals surface area contributed by atoms with Crippen molar-refractivity contribution in [3.05, 3.63) is 27.3 Å². The molecule has 0 aliphatic rings. The largest absolute Gasteiger partial charge is 0.478 e. The fourth-order valence-electron chi connectivity index (χ4n) is 1.32. The molecule has 0 unspecified atom stereocenters. The molecule has 5 nitrogen and oxygen atoms in total. The Labute approximate surface area is 119 Å². The minimum absolute atomic E-state index is 0.155. The monoisotopic (exact) mass is 363 g/mol. The minimum atomic E-state index is -1.02. The van der Waals surface area contributed by atoms with E-state index in [2.05, 4.69) is 5.32 Å². The molecule has 0 bridgehead atoms. The number of aromatic carboxylic acids is 1. The molecule has 1 aromatic carbocycles. The Hall–Kier alpha value is -1.15. The van der Waals surface area contributed by atoms with Crippen LogP contribution in [0.15, 0.2) is 18.2 Å². The maximum Gasteiger partial charge on any atom is 0.335 e. The van der Waals surface area contributed by atoms with Gasteiger partial charge in [0.2, 0.25) is 5.91 Å². The minimum Gasteiger partial charge on any atom is -0.478 e. The van der Waals surface area contributed by atoms with E-state index in [1.165, 1.54) is 6.07 Å². The fraction of sp³-hybridized carbons (Fsp3) is 0.333. The van der Waals surface area contributed by atoms with Crippen LogP contribution in [0.4, 0.5) is 5.69 Å². The Bertz CT molecular complexity index is 448. The number of halogens is 1. The van der Waals surface area contributed by atoms with Gasteiger partial charge in [0.25, 0.3) is 0 Å². The van der Waals surface area contributed by atoms with Gasteiger partial charge in [-0.25, -0.2) is 4.79 Å². The van der Waals surface area contributed by atoms with Crippen molar-refractivity contribution in [1.29, 1.82) is 0 Å². The van der Waals surface area contributed by atoms with E-state index in [-0.39, 0.29) is 17.9 Å². The standard InChI is InChI=1S/C12H14INO4/c1-2-18-4-3-11(15)14-10-6-8(12(16)17)5-9(13)7-10/h5-7H,2-4H2,1H3,(H,14,15)(H,16,17). The summed E-state index contributed by atoms with van der Waals surface area (Å²) in [4.78, 5) is 22.4. The normalized spacial score (nSPS) is 10.1. The van der Waals surface area contributed by atoms with Gasteiger partial charge in [0.05, 0.1) is 18.6 Å². The molecule has 0 spiro atoms. The van der Waals surface area contributed by atoms with Gasteiger partial charge >= 0.3 is 5.97 Å². The quantitative estimate of drug-likeness (QED) is 0.601. The number of hydrogen-bond donors (Lipinski definition) is 2. The average Bonchev–Trinajstić information content (AvgIpc) is 2.28. The van der Waals surface area contributed by atoms with Gasteiger partial charge in [-0.3, -0.25) is 4.79 Å². The predicted molar refractivity (Wildman–Crippen MR) is 75.9 cm³/mol. The van der Waals surface area contributed by atoms with Crippen molar-refractivity contribution in [2.75, 3.05) is 18.5 Å². The molecule has 18 heavy (non-hydrogen) atoms. The highest BCUT2D eigenvalue weighted by Crippen LogP contribution is 2.17. The molecular weight excluding hydrogens is 349 g/mol. The first-order chi connectivity index (χ1) is 8.52. The van der Waals surface area contributed by atoms with Crippen LogP contribution in [0.25, 0.3) is 0 Å². The van der Waals surface area contributed by atoms with Crippen LogP contribution in [0.1, 0.15) is 23.7 Å². The van der Waals surface area contributed by atoms with Gasteiger partial charge in [-0.2, -0.15) is 0 Å². The smallest absolute Gasteiger partial charge is 0.335 e. The first-order valence-corrected chi connectivity index (χ1v) is 6.52. The van der Waals surface area contributed by atoms with Gasteiger partial charge in [0, 0.05) is 15.9 Å². The van der Waals surface area contributed by atoms with E-state index in [4.69, 9.17) is 9.84 Å². The Kier molecular flexibility index (Phi) is 6.06. The number of carbonyl (C=O) groups excluding carboxylic acids is 1. The Morgan fingerprint density at radius 3 is 2.72 bits per heavy atom. The lowest BCUT2D eigenvalue weighted by molar-refractivity contribution is -0.117. The Morgan fingerprint density at radius 2 is 2.11 bits per heavy atom. The molecule has 0 radical (unpaired) electrons. The van der Waals surface area contributed by atoms with E-state index in [0.29, 0.717) is 18.9 Å². The van der Waals surface area contributed by atoms with Gasteiger partial charge in [-0.15, -0.1) is 0 Å². The Morgan fingerprint density at radius 1 is 1.39 bits per heavy atom. The molecule has 1 aromatic rings. The molecule has 0 saturated carbocycles. The van der Waals surface area contributed by atoms with Crippen molar-refractivity contribution < 1.29 is 19.4 Å². The van der Waals surface area contributed by atoms with Crippen molar-refractivity contribution in [3.8, 4) is 0 Å². The SMILES string of the molecule is CCOCCC(=O)Nc1cc(I)cc(C(=O)O)c1. The molecule has 0 heterocycles. The van der Waals surface area contributed by atoms with Crippen LogP contribution in [-0.4, -0.2) is 30.2 Å². The zero-order valence-electron chi connectivity index (χ0n) is 9.90. The van der Waals surface area contributed by atoms with Gasteiger partial charge in [0.1, 0.15) is 0 Å². The summed E-state index contributed by atoms with van der Waals surface area (Å²) in [6.45, 7) is 2.79. The number of carboxylic acid groups (broad SMARTS) is 1. The molecule has 1 amide bonds. The predicted octanol–water partition coefficient (Wildman–Crippen LogP) is 2.35. The van der Waals surface area contributed by atoms with Crippen LogP contribution in [-0.2, 0) is 9.53 Å². The second-order valence-electron chi connectivity index (χ2n) is 3.53. The number of hydrogen-bond acceptors (Lipinski definition) is 3. The first kappa shape index (κ1) is 14.9. The third-order valence-electron chi connectivity index (χ3n) is 2.11. The van der Waals surface area contributed by atoms with Gasteiger partial charge < -0.3 is 15.2 Å². The molecule has 0 aliphatic carbocycles. The number of anilines is 1. The van der Waals surface area contributed by atoms with Gasteiger partial charge in [0.15, 0.2) is 0 Å². The van der Waals surface area contributed by atoms with Gasteiger partial charge in [-0.1, -0.05) is 0 Å². The molecule has 6 heteroatoms. The van der Waals surface area contributed by atoms with Crippen molar-refractivity contribution in [2.45, 2.75) is 13.3 Å². The van der Waals surface area contributed by atoms with Crippen molar-refractivity contribution in [1.82, 2.24) is 0 Å². The van der Waals surface area contributed by atoms with Crippen LogP contribution in [0.2, 0.25) is 0 Å². The molecule has 0 atom stereocenters. The van der Waals surface area contributed by atoms with Crippen molar-refractivity contribution in [2.24, 2.45) is 0 Å². The lowest BCUT2D eigenvalue weighted by Crippen LogP contribution is -2.14. The first-order valence-electron chi connectivity index (χ1n) is 5.44. The number of amides is 1. The van der Waals surface area contributed by atoms with Crippen LogP contribution < -0.4 is 5.32 Å². The van der Waals surface area contributed by atoms with Crippen LogP contribution in [0.3, 0.4) is 0 Å². The number of ether oxygens (including phenoxy) is 1. The summed E-state index contributed by atoms with van der Waals surface area (Å²) in [6.07, 6.45) is 0.252. The maximum absolute atomic E-state index is 11.5. The molecular formula is C12H14INO4. The molecule has 0 aromatic heterocycles. The van der Waals surface area contributed by atoms with Crippen LogP contribution >= 0.6 is 22.6 Å². The zero-order valence-corrected chi connectivity index (χ0v) is 12.1. The second kappa shape index (κ2) is 7.32. The topological polar surface area (TPSA) is 75.6 Å². The van der Waals surface area contributed by atoms with Crippen molar-refractivity contribution in [3.63, 3.8) is 0 Å². The average molecular weight is 363 g/mol. The van der Waals surface area contributed by atoms with E-state index in [0.717, 1.165) is 3.57 Å². The summed E-state index contributed by atoms with van der Waals surface area (Å²) < 4.78 is 5.83. The number of benzene rings is 1. The number of carboxylic acids is 1. The number of nitrogens with one attached hydrogen (secondary N) is 1. The van der Waals surface area contributed by atoms with Crippen LogP contribution in [0, 0.1) is 3.57 Å². The third kappa shape index (κ3) is 5.01. The highest BCUT2D eigenvalue weighted by molar-refractivity contribution is 14.1. The molecule has 0 aliphatic heterocycles. The number of carbonyl (C=O) groups is 2. The maximum atomic E-state index is 11.5. The third-order valence-corrected chi connectivity index (χ3v) is 2.73. The molecule has 98 valence electrons. The molecule has 0 fully saturated rings. The lowest BCUT2D eigenvalue weighted by Gasteiger charge is -2.07. The van der Waals surface area contributed by atoms with E-state index < -0.39 is 5.97 Å². The summed E-state index contributed by atoms with van der Waals surface area (Å²) in [7, 11) is 0. The summed E-state index contributed by atoms with van der Waals surface area (Å²) in [5.74, 6) is -1.21.